The molecule has 0 unspecified atom stereocenters. The van der Waals surface area contributed by atoms with Crippen molar-refractivity contribution in [3.63, 3.8) is 0 Å². The Morgan fingerprint density at radius 3 is 2.40 bits per heavy atom. The number of halogens is 1. The van der Waals surface area contributed by atoms with Crippen LogP contribution < -0.4 is 4.90 Å². The smallest absolute Gasteiger partial charge is 0.242 e. The summed E-state index contributed by atoms with van der Waals surface area (Å²) >= 11 is 5.60. The van der Waals surface area contributed by atoms with Crippen LogP contribution in [0.25, 0.3) is 0 Å². The first-order chi connectivity index (χ1) is 9.34. The molecule has 0 bridgehead atoms. The summed E-state index contributed by atoms with van der Waals surface area (Å²) in [5, 5.41) is 9.94. The van der Waals surface area contributed by atoms with Gasteiger partial charge in [-0.15, -0.1) is 11.6 Å². The molecule has 2 atom stereocenters. The summed E-state index contributed by atoms with van der Waals surface area (Å²) in [6, 6.07) is 6.29. The van der Waals surface area contributed by atoms with Gasteiger partial charge in [-0.2, -0.15) is 0 Å². The van der Waals surface area contributed by atoms with Gasteiger partial charge >= 0.3 is 0 Å². The van der Waals surface area contributed by atoms with E-state index in [1.165, 1.54) is 4.90 Å². The fraction of sp³-hybridized carbons (Fsp3) is 0.462. The summed E-state index contributed by atoms with van der Waals surface area (Å²) in [5.74, 6) is -1.26. The zero-order valence-electron chi connectivity index (χ0n) is 11.0. The minimum Gasteiger partial charge on any atom is -0.390 e. The SMILES string of the molecule is Cc1ccc(N(C(=O)CCl)[C@@H]2CS(=O)(=O)C[C@@H]2O)cc1. The quantitative estimate of drug-likeness (QED) is 0.834. The Bertz CT molecular complexity index is 599. The zero-order valence-corrected chi connectivity index (χ0v) is 12.6. The number of nitrogens with zero attached hydrogens (tertiary/aromatic N) is 1. The number of aliphatic hydroxyl groups excluding tert-OH is 1. The van der Waals surface area contributed by atoms with Crippen molar-refractivity contribution in [2.45, 2.75) is 19.1 Å². The molecule has 0 saturated carbocycles. The molecule has 1 aliphatic heterocycles. The molecule has 0 spiro atoms. The summed E-state index contributed by atoms with van der Waals surface area (Å²) in [7, 11) is -3.33. The van der Waals surface area contributed by atoms with Crippen molar-refractivity contribution >= 4 is 33.0 Å². The molecule has 1 saturated heterocycles. The van der Waals surface area contributed by atoms with Crippen molar-refractivity contribution in [2.24, 2.45) is 0 Å². The normalized spacial score (nSPS) is 24.6. The minimum atomic E-state index is -3.33. The Morgan fingerprint density at radius 2 is 1.95 bits per heavy atom. The predicted octanol–water partition coefficient (Wildman–Crippen LogP) is 0.725. The van der Waals surface area contributed by atoms with E-state index in [2.05, 4.69) is 0 Å². The number of anilines is 1. The maximum Gasteiger partial charge on any atom is 0.242 e. The molecule has 1 aromatic rings. The molecule has 7 heteroatoms. The number of carbonyl (C=O) groups is 1. The first-order valence-corrected chi connectivity index (χ1v) is 8.53. The van der Waals surface area contributed by atoms with Crippen molar-refractivity contribution < 1.29 is 18.3 Å². The van der Waals surface area contributed by atoms with Gasteiger partial charge in [0.15, 0.2) is 9.84 Å². The molecule has 1 N–H and O–H groups in total. The van der Waals surface area contributed by atoms with Gasteiger partial charge < -0.3 is 10.0 Å². The first kappa shape index (κ1) is 15.3. The van der Waals surface area contributed by atoms with Gasteiger partial charge in [0.25, 0.3) is 0 Å². The predicted molar refractivity (Wildman–Crippen MR) is 77.8 cm³/mol. The van der Waals surface area contributed by atoms with E-state index >= 15 is 0 Å². The highest BCUT2D eigenvalue weighted by atomic mass is 35.5. The number of hydrogen-bond donors (Lipinski definition) is 1. The Kier molecular flexibility index (Phi) is 4.36. The van der Waals surface area contributed by atoms with Gasteiger partial charge in [-0.3, -0.25) is 4.79 Å². The van der Waals surface area contributed by atoms with Crippen LogP contribution in [0.1, 0.15) is 5.56 Å². The highest BCUT2D eigenvalue weighted by Crippen LogP contribution is 2.25. The van der Waals surface area contributed by atoms with Crippen LogP contribution >= 0.6 is 11.6 Å². The summed E-state index contributed by atoms with van der Waals surface area (Å²) in [5.41, 5.74) is 1.56. The third-order valence-corrected chi connectivity index (χ3v) is 5.25. The van der Waals surface area contributed by atoms with Crippen LogP contribution in [0.4, 0.5) is 5.69 Å². The van der Waals surface area contributed by atoms with E-state index in [0.717, 1.165) is 5.56 Å². The van der Waals surface area contributed by atoms with Crippen molar-refractivity contribution in [2.75, 3.05) is 22.3 Å². The number of carbonyl (C=O) groups excluding carboxylic acids is 1. The van der Waals surface area contributed by atoms with Crippen LogP contribution in [0.2, 0.25) is 0 Å². The lowest BCUT2D eigenvalue weighted by atomic mass is 10.1. The van der Waals surface area contributed by atoms with E-state index in [4.69, 9.17) is 11.6 Å². The summed E-state index contributed by atoms with van der Waals surface area (Å²) in [4.78, 5) is 13.3. The average Bonchev–Trinajstić information content (AvgIpc) is 2.65. The average molecular weight is 318 g/mol. The topological polar surface area (TPSA) is 74.7 Å². The van der Waals surface area contributed by atoms with E-state index in [1.807, 2.05) is 19.1 Å². The number of benzene rings is 1. The van der Waals surface area contributed by atoms with Gasteiger partial charge in [0.05, 0.1) is 23.7 Å². The lowest BCUT2D eigenvalue weighted by Gasteiger charge is -2.30. The lowest BCUT2D eigenvalue weighted by molar-refractivity contribution is -0.117. The highest BCUT2D eigenvalue weighted by Gasteiger charge is 2.42. The van der Waals surface area contributed by atoms with Crippen molar-refractivity contribution in [3.05, 3.63) is 29.8 Å². The molecule has 0 radical (unpaired) electrons. The number of hydrogen-bond acceptors (Lipinski definition) is 4. The Balaban J connectivity index is 2.38. The standard InChI is InChI=1S/C13H16ClNO4S/c1-9-2-4-10(5-3-9)15(13(17)6-14)11-7-20(18,19)8-12(11)16/h2-5,11-12,16H,6-8H2,1H3/t11-,12+/m1/s1. The summed E-state index contributed by atoms with van der Waals surface area (Å²) in [6.07, 6.45) is -1.09. The molecule has 1 amide bonds. The van der Waals surface area contributed by atoms with Crippen LogP contribution in [0, 0.1) is 6.92 Å². The molecule has 0 aliphatic carbocycles. The number of rotatable bonds is 3. The van der Waals surface area contributed by atoms with E-state index in [9.17, 15) is 18.3 Å². The second-order valence-electron chi connectivity index (χ2n) is 4.94. The van der Waals surface area contributed by atoms with Crippen molar-refractivity contribution in [3.8, 4) is 0 Å². The molecular formula is C13H16ClNO4S. The molecule has 2 rings (SSSR count). The largest absolute Gasteiger partial charge is 0.390 e. The molecule has 5 nitrogen and oxygen atoms in total. The van der Waals surface area contributed by atoms with E-state index in [1.54, 1.807) is 12.1 Å². The number of alkyl halides is 1. The molecule has 1 aliphatic rings. The summed E-state index contributed by atoms with van der Waals surface area (Å²) in [6.45, 7) is 1.91. The molecule has 20 heavy (non-hydrogen) atoms. The van der Waals surface area contributed by atoms with Crippen LogP contribution in [-0.2, 0) is 14.6 Å². The van der Waals surface area contributed by atoms with E-state index < -0.39 is 27.9 Å². The molecule has 1 aromatic carbocycles. The number of aryl methyl sites for hydroxylation is 1. The van der Waals surface area contributed by atoms with Crippen molar-refractivity contribution in [1.82, 2.24) is 0 Å². The van der Waals surface area contributed by atoms with E-state index in [0.29, 0.717) is 5.69 Å². The molecule has 1 fully saturated rings. The van der Waals surface area contributed by atoms with E-state index in [-0.39, 0.29) is 17.4 Å². The Morgan fingerprint density at radius 1 is 1.35 bits per heavy atom. The monoisotopic (exact) mass is 317 g/mol. The second-order valence-corrected chi connectivity index (χ2v) is 7.37. The van der Waals surface area contributed by atoms with Gasteiger partial charge in [0.2, 0.25) is 5.91 Å². The number of amides is 1. The third kappa shape index (κ3) is 3.13. The summed E-state index contributed by atoms with van der Waals surface area (Å²) < 4.78 is 23.2. The van der Waals surface area contributed by atoms with Gasteiger partial charge in [-0.25, -0.2) is 8.42 Å². The van der Waals surface area contributed by atoms with Gasteiger partial charge in [-0.1, -0.05) is 17.7 Å². The number of sulfone groups is 1. The Labute approximate surface area is 123 Å². The van der Waals surface area contributed by atoms with Crippen molar-refractivity contribution in [1.29, 1.82) is 0 Å². The fourth-order valence-electron chi connectivity index (χ4n) is 2.35. The maximum atomic E-state index is 12.0. The van der Waals surface area contributed by atoms with Gasteiger partial charge in [0.1, 0.15) is 5.88 Å². The fourth-order valence-corrected chi connectivity index (χ4v) is 4.25. The Hall–Kier alpha value is -1.11. The van der Waals surface area contributed by atoms with Crippen LogP contribution in [-0.4, -0.2) is 49.0 Å². The molecular weight excluding hydrogens is 302 g/mol. The molecule has 0 aromatic heterocycles. The maximum absolute atomic E-state index is 12.0. The zero-order chi connectivity index (χ0) is 14.9. The minimum absolute atomic E-state index is 0.245. The molecule has 1 heterocycles. The highest BCUT2D eigenvalue weighted by molar-refractivity contribution is 7.91. The first-order valence-electron chi connectivity index (χ1n) is 6.17. The van der Waals surface area contributed by atoms with Crippen LogP contribution in [0.5, 0.6) is 0 Å². The van der Waals surface area contributed by atoms with Crippen LogP contribution in [0.15, 0.2) is 24.3 Å². The van der Waals surface area contributed by atoms with Gasteiger partial charge in [0, 0.05) is 5.69 Å². The third-order valence-electron chi connectivity index (χ3n) is 3.32. The van der Waals surface area contributed by atoms with Crippen LogP contribution in [0.3, 0.4) is 0 Å². The molecule has 110 valence electrons. The second kappa shape index (κ2) is 5.71. The lowest BCUT2D eigenvalue weighted by Crippen LogP contribution is -2.47. The van der Waals surface area contributed by atoms with Gasteiger partial charge in [-0.05, 0) is 19.1 Å². The number of aliphatic hydroxyl groups is 1.